The molecule has 0 saturated heterocycles. The minimum atomic E-state index is -3.84. The lowest BCUT2D eigenvalue weighted by Gasteiger charge is -2.13. The first-order valence-electron chi connectivity index (χ1n) is 7.59. The summed E-state index contributed by atoms with van der Waals surface area (Å²) in [4.78, 5) is 0.0708. The van der Waals surface area contributed by atoms with Crippen molar-refractivity contribution in [2.75, 3.05) is 32.2 Å². The van der Waals surface area contributed by atoms with E-state index in [0.717, 1.165) is 11.7 Å². The van der Waals surface area contributed by atoms with Crippen molar-refractivity contribution in [2.24, 2.45) is 0 Å². The molecule has 0 unspecified atom stereocenters. The number of nitrogens with zero attached hydrogens (tertiary/aromatic N) is 2. The van der Waals surface area contributed by atoms with E-state index in [9.17, 15) is 8.42 Å². The molecule has 0 aliphatic carbocycles. The van der Waals surface area contributed by atoms with Gasteiger partial charge in [0, 0.05) is 13.2 Å². The van der Waals surface area contributed by atoms with Crippen molar-refractivity contribution in [3.05, 3.63) is 36.4 Å². The maximum Gasteiger partial charge on any atom is 0.264 e. The van der Waals surface area contributed by atoms with Crippen molar-refractivity contribution in [3.8, 4) is 11.5 Å². The van der Waals surface area contributed by atoms with Crippen LogP contribution in [-0.2, 0) is 14.8 Å². The fourth-order valence-corrected chi connectivity index (χ4v) is 4.11. The third kappa shape index (κ3) is 3.87. The average molecular weight is 395 g/mol. The Balaban J connectivity index is 1.90. The van der Waals surface area contributed by atoms with E-state index < -0.39 is 10.0 Å². The van der Waals surface area contributed by atoms with Crippen LogP contribution in [0, 0.1) is 0 Å². The molecule has 26 heavy (non-hydrogen) atoms. The van der Waals surface area contributed by atoms with Crippen LogP contribution in [0.1, 0.15) is 0 Å². The van der Waals surface area contributed by atoms with Gasteiger partial charge in [0.1, 0.15) is 22.5 Å². The summed E-state index contributed by atoms with van der Waals surface area (Å²) < 4.78 is 52.0. The van der Waals surface area contributed by atoms with Gasteiger partial charge in [0.2, 0.25) is 0 Å². The standard InChI is InChI=1S/C16H17N3O5S2/c1-22-8-9-24-14-10-11(6-7-13(14)23-2)19-26(20,21)15-5-3-4-12-16(15)18-25-17-12/h3-7,10,19H,8-9H2,1-2H3. The van der Waals surface area contributed by atoms with E-state index in [2.05, 4.69) is 13.5 Å². The summed E-state index contributed by atoms with van der Waals surface area (Å²) >= 11 is 0.967. The van der Waals surface area contributed by atoms with Crippen molar-refractivity contribution >= 4 is 38.5 Å². The molecule has 138 valence electrons. The molecule has 2 aromatic carbocycles. The van der Waals surface area contributed by atoms with Crippen molar-refractivity contribution < 1.29 is 22.6 Å². The summed E-state index contributed by atoms with van der Waals surface area (Å²) in [6.07, 6.45) is 0. The van der Waals surface area contributed by atoms with Crippen LogP contribution in [0.15, 0.2) is 41.3 Å². The molecule has 10 heteroatoms. The Morgan fingerprint density at radius 2 is 1.92 bits per heavy atom. The third-order valence-electron chi connectivity index (χ3n) is 3.50. The minimum Gasteiger partial charge on any atom is -0.493 e. The lowest BCUT2D eigenvalue weighted by Crippen LogP contribution is -2.14. The second kappa shape index (κ2) is 7.85. The van der Waals surface area contributed by atoms with E-state index in [1.165, 1.54) is 13.2 Å². The Bertz CT molecular complexity index is 1000. The molecule has 1 aromatic heterocycles. The fourth-order valence-electron chi connectivity index (χ4n) is 2.30. The first kappa shape index (κ1) is 18.4. The van der Waals surface area contributed by atoms with E-state index in [0.29, 0.717) is 41.4 Å². The zero-order chi connectivity index (χ0) is 18.6. The Morgan fingerprint density at radius 3 is 2.69 bits per heavy atom. The molecule has 0 aliphatic heterocycles. The number of sulfonamides is 1. The van der Waals surface area contributed by atoms with E-state index in [-0.39, 0.29) is 4.90 Å². The molecule has 0 radical (unpaired) electrons. The van der Waals surface area contributed by atoms with Gasteiger partial charge >= 0.3 is 0 Å². The first-order valence-corrected chi connectivity index (χ1v) is 9.80. The predicted octanol–water partition coefficient (Wildman–Crippen LogP) is 2.53. The highest BCUT2D eigenvalue weighted by Gasteiger charge is 2.20. The molecule has 0 saturated carbocycles. The van der Waals surface area contributed by atoms with Gasteiger partial charge < -0.3 is 14.2 Å². The molecule has 0 spiro atoms. The summed E-state index contributed by atoms with van der Waals surface area (Å²) in [5.41, 5.74) is 1.23. The molecule has 0 atom stereocenters. The molecule has 0 amide bonds. The highest BCUT2D eigenvalue weighted by Crippen LogP contribution is 2.32. The monoisotopic (exact) mass is 395 g/mol. The zero-order valence-electron chi connectivity index (χ0n) is 14.1. The second-order valence-electron chi connectivity index (χ2n) is 5.20. The van der Waals surface area contributed by atoms with Gasteiger partial charge in [0.15, 0.2) is 11.5 Å². The summed E-state index contributed by atoms with van der Waals surface area (Å²) in [5, 5.41) is 0. The number of ether oxygens (including phenoxy) is 3. The normalized spacial score (nSPS) is 11.5. The van der Waals surface area contributed by atoms with Gasteiger partial charge in [-0.1, -0.05) is 6.07 Å². The van der Waals surface area contributed by atoms with E-state index in [1.807, 2.05) is 0 Å². The van der Waals surface area contributed by atoms with Crippen LogP contribution in [0.3, 0.4) is 0 Å². The van der Waals surface area contributed by atoms with Gasteiger partial charge in [-0.3, -0.25) is 4.72 Å². The second-order valence-corrected chi connectivity index (χ2v) is 7.38. The number of hydrogen-bond donors (Lipinski definition) is 1. The number of methoxy groups -OCH3 is 2. The number of fused-ring (bicyclic) bond motifs is 1. The molecule has 0 fully saturated rings. The van der Waals surface area contributed by atoms with Crippen LogP contribution in [0.5, 0.6) is 11.5 Å². The summed E-state index contributed by atoms with van der Waals surface area (Å²) in [7, 11) is -0.758. The number of rotatable bonds is 8. The van der Waals surface area contributed by atoms with E-state index >= 15 is 0 Å². The Kier molecular flexibility index (Phi) is 5.55. The fraction of sp³-hybridized carbons (Fsp3) is 0.250. The number of aromatic nitrogens is 2. The minimum absolute atomic E-state index is 0.0708. The van der Waals surface area contributed by atoms with Gasteiger partial charge in [-0.05, 0) is 24.3 Å². The van der Waals surface area contributed by atoms with Crippen molar-refractivity contribution in [3.63, 3.8) is 0 Å². The highest BCUT2D eigenvalue weighted by atomic mass is 32.2. The van der Waals surface area contributed by atoms with Crippen molar-refractivity contribution in [1.29, 1.82) is 0 Å². The van der Waals surface area contributed by atoms with Crippen LogP contribution in [0.25, 0.3) is 11.0 Å². The quantitative estimate of drug-likeness (QED) is 0.585. The largest absolute Gasteiger partial charge is 0.493 e. The summed E-state index contributed by atoms with van der Waals surface area (Å²) in [6, 6.07) is 9.62. The number of anilines is 1. The van der Waals surface area contributed by atoms with Crippen LogP contribution in [0.2, 0.25) is 0 Å². The Hall–Kier alpha value is -2.43. The summed E-state index contributed by atoms with van der Waals surface area (Å²) in [5.74, 6) is 0.910. The lowest BCUT2D eigenvalue weighted by molar-refractivity contribution is 0.144. The maximum absolute atomic E-state index is 12.8. The summed E-state index contributed by atoms with van der Waals surface area (Å²) in [6.45, 7) is 0.713. The van der Waals surface area contributed by atoms with Gasteiger partial charge in [-0.25, -0.2) is 8.42 Å². The molecular formula is C16H17N3O5S2. The number of nitrogens with one attached hydrogen (secondary N) is 1. The molecule has 1 N–H and O–H groups in total. The maximum atomic E-state index is 12.8. The molecule has 3 rings (SSSR count). The highest BCUT2D eigenvalue weighted by molar-refractivity contribution is 7.93. The van der Waals surface area contributed by atoms with Crippen LogP contribution >= 0.6 is 11.7 Å². The van der Waals surface area contributed by atoms with Crippen molar-refractivity contribution in [1.82, 2.24) is 8.75 Å². The molecule has 0 aliphatic rings. The predicted molar refractivity (Wildman–Crippen MR) is 98.6 cm³/mol. The first-order chi connectivity index (χ1) is 12.5. The van der Waals surface area contributed by atoms with Gasteiger partial charge in [0.05, 0.1) is 31.1 Å². The molecule has 8 nitrogen and oxygen atoms in total. The van der Waals surface area contributed by atoms with Crippen LogP contribution in [-0.4, -0.2) is 44.6 Å². The van der Waals surface area contributed by atoms with Gasteiger partial charge in [0.25, 0.3) is 10.0 Å². The zero-order valence-corrected chi connectivity index (χ0v) is 15.8. The Labute approximate surface area is 155 Å². The molecule has 1 heterocycles. The van der Waals surface area contributed by atoms with Crippen LogP contribution in [0.4, 0.5) is 5.69 Å². The van der Waals surface area contributed by atoms with Gasteiger partial charge in [-0.2, -0.15) is 8.75 Å². The average Bonchev–Trinajstić information content (AvgIpc) is 3.10. The Morgan fingerprint density at radius 1 is 1.08 bits per heavy atom. The van der Waals surface area contributed by atoms with E-state index in [4.69, 9.17) is 14.2 Å². The number of benzene rings is 2. The smallest absolute Gasteiger partial charge is 0.264 e. The molecule has 0 bridgehead atoms. The van der Waals surface area contributed by atoms with Gasteiger partial charge in [-0.15, -0.1) is 0 Å². The van der Waals surface area contributed by atoms with E-state index in [1.54, 1.807) is 37.4 Å². The molecular weight excluding hydrogens is 378 g/mol. The third-order valence-corrected chi connectivity index (χ3v) is 5.45. The SMILES string of the molecule is COCCOc1cc(NS(=O)(=O)c2cccc3nsnc23)ccc1OC. The van der Waals surface area contributed by atoms with Crippen LogP contribution < -0.4 is 14.2 Å². The lowest BCUT2D eigenvalue weighted by atomic mass is 10.3. The number of hydrogen-bond acceptors (Lipinski definition) is 8. The molecule has 3 aromatic rings. The topological polar surface area (TPSA) is 99.6 Å². The van der Waals surface area contributed by atoms with Crippen molar-refractivity contribution in [2.45, 2.75) is 4.90 Å².